The number of aromatic nitrogens is 3. The summed E-state index contributed by atoms with van der Waals surface area (Å²) in [6, 6.07) is 10.1. The number of carbonyl (C=O) groups is 1. The third-order valence-electron chi connectivity index (χ3n) is 6.22. The van der Waals surface area contributed by atoms with Gasteiger partial charge in [0.25, 0.3) is 5.56 Å². The van der Waals surface area contributed by atoms with Crippen LogP contribution in [0.2, 0.25) is 0 Å². The SMILES string of the molecule is COc1ccc(CCn2c(C)cc(C(=O)CSCc3nc4sc(C)c(C)c4c(=O)[nH]3)c2C)cc1. The summed E-state index contributed by atoms with van der Waals surface area (Å²) < 4.78 is 7.43. The number of methoxy groups -OCH3 is 1. The number of carbonyl (C=O) groups excluding carboxylic acids is 1. The minimum absolute atomic E-state index is 0.0973. The van der Waals surface area contributed by atoms with Gasteiger partial charge >= 0.3 is 0 Å². The Morgan fingerprint density at radius 1 is 1.18 bits per heavy atom. The van der Waals surface area contributed by atoms with E-state index in [1.165, 1.54) is 28.7 Å². The molecule has 0 bridgehead atoms. The highest BCUT2D eigenvalue weighted by Gasteiger charge is 2.17. The van der Waals surface area contributed by atoms with E-state index in [-0.39, 0.29) is 11.3 Å². The number of ketones is 1. The summed E-state index contributed by atoms with van der Waals surface area (Å²) in [5, 5.41) is 0.675. The van der Waals surface area contributed by atoms with Crippen LogP contribution in [-0.4, -0.2) is 33.2 Å². The highest BCUT2D eigenvalue weighted by atomic mass is 32.2. The predicted molar refractivity (Wildman–Crippen MR) is 141 cm³/mol. The largest absolute Gasteiger partial charge is 0.497 e. The number of fused-ring (bicyclic) bond motifs is 1. The Balaban J connectivity index is 1.38. The van der Waals surface area contributed by atoms with E-state index in [1.54, 1.807) is 7.11 Å². The lowest BCUT2D eigenvalue weighted by molar-refractivity contribution is 0.102. The van der Waals surface area contributed by atoms with Gasteiger partial charge in [0, 0.05) is 28.4 Å². The second-order valence-electron chi connectivity index (χ2n) is 8.43. The molecule has 8 heteroatoms. The molecule has 0 fully saturated rings. The molecule has 178 valence electrons. The van der Waals surface area contributed by atoms with Crippen LogP contribution in [0, 0.1) is 27.7 Å². The molecule has 0 aliphatic carbocycles. The van der Waals surface area contributed by atoms with Gasteiger partial charge in [-0.1, -0.05) is 12.1 Å². The number of rotatable bonds is 9. The summed E-state index contributed by atoms with van der Waals surface area (Å²) in [5.74, 6) is 2.39. The van der Waals surface area contributed by atoms with Crippen LogP contribution in [0.5, 0.6) is 5.75 Å². The van der Waals surface area contributed by atoms with E-state index in [0.29, 0.717) is 22.7 Å². The number of nitrogens with one attached hydrogen (secondary N) is 1. The maximum Gasteiger partial charge on any atom is 0.259 e. The zero-order chi connectivity index (χ0) is 24.4. The number of aryl methyl sites for hydroxylation is 4. The van der Waals surface area contributed by atoms with Crippen molar-refractivity contribution in [2.75, 3.05) is 12.9 Å². The van der Waals surface area contributed by atoms with Gasteiger partial charge in [-0.15, -0.1) is 23.1 Å². The maximum absolute atomic E-state index is 13.0. The molecule has 3 heterocycles. The van der Waals surface area contributed by atoms with Gasteiger partial charge in [-0.05, 0) is 63.4 Å². The number of ether oxygens (including phenoxy) is 1. The average molecular weight is 496 g/mol. The van der Waals surface area contributed by atoms with E-state index in [0.717, 1.165) is 50.9 Å². The summed E-state index contributed by atoms with van der Waals surface area (Å²) in [6.07, 6.45) is 0.881. The molecule has 0 aliphatic heterocycles. The second kappa shape index (κ2) is 10.2. The number of benzene rings is 1. The third kappa shape index (κ3) is 4.98. The number of aromatic amines is 1. The van der Waals surface area contributed by atoms with Gasteiger partial charge in [0.1, 0.15) is 16.4 Å². The number of hydrogen-bond donors (Lipinski definition) is 1. The van der Waals surface area contributed by atoms with Crippen molar-refractivity contribution < 1.29 is 9.53 Å². The Kier molecular flexibility index (Phi) is 7.28. The van der Waals surface area contributed by atoms with Crippen LogP contribution >= 0.6 is 23.1 Å². The number of thiophene rings is 1. The number of Topliss-reactive ketones (excluding diaryl/α,β-unsaturated/α-hetero) is 1. The molecule has 1 aromatic carbocycles. The molecule has 6 nitrogen and oxygen atoms in total. The average Bonchev–Trinajstić information content (AvgIpc) is 3.27. The van der Waals surface area contributed by atoms with E-state index in [1.807, 2.05) is 45.9 Å². The van der Waals surface area contributed by atoms with Crippen LogP contribution in [0.1, 0.15) is 43.6 Å². The van der Waals surface area contributed by atoms with E-state index in [4.69, 9.17) is 4.74 Å². The van der Waals surface area contributed by atoms with Crippen LogP contribution in [0.3, 0.4) is 0 Å². The van der Waals surface area contributed by atoms with Crippen molar-refractivity contribution in [3.63, 3.8) is 0 Å². The fraction of sp³-hybridized carbons (Fsp3) is 0.346. The summed E-state index contributed by atoms with van der Waals surface area (Å²) >= 11 is 3.01. The van der Waals surface area contributed by atoms with E-state index in [2.05, 4.69) is 26.7 Å². The van der Waals surface area contributed by atoms with Gasteiger partial charge in [-0.3, -0.25) is 9.59 Å². The molecule has 0 amide bonds. The van der Waals surface area contributed by atoms with E-state index >= 15 is 0 Å². The molecule has 4 rings (SSSR count). The minimum Gasteiger partial charge on any atom is -0.497 e. The lowest BCUT2D eigenvalue weighted by atomic mass is 10.1. The molecule has 0 radical (unpaired) electrons. The van der Waals surface area contributed by atoms with Crippen LogP contribution in [0.15, 0.2) is 35.1 Å². The van der Waals surface area contributed by atoms with Crippen molar-refractivity contribution in [2.45, 2.75) is 46.4 Å². The smallest absolute Gasteiger partial charge is 0.259 e. The van der Waals surface area contributed by atoms with Gasteiger partial charge < -0.3 is 14.3 Å². The molecule has 0 saturated heterocycles. The fourth-order valence-electron chi connectivity index (χ4n) is 4.15. The van der Waals surface area contributed by atoms with Gasteiger partial charge in [0.15, 0.2) is 5.78 Å². The molecule has 0 atom stereocenters. The van der Waals surface area contributed by atoms with Crippen LogP contribution in [-0.2, 0) is 18.7 Å². The molecule has 1 N–H and O–H groups in total. The van der Waals surface area contributed by atoms with Crippen LogP contribution in [0.4, 0.5) is 0 Å². The van der Waals surface area contributed by atoms with Crippen LogP contribution in [0.25, 0.3) is 10.2 Å². The molecular formula is C26H29N3O3S2. The molecule has 4 aromatic rings. The predicted octanol–water partition coefficient (Wildman–Crippen LogP) is 5.39. The first kappa shape index (κ1) is 24.3. The molecule has 0 spiro atoms. The zero-order valence-corrected chi connectivity index (χ0v) is 21.8. The molecule has 0 saturated carbocycles. The first-order chi connectivity index (χ1) is 16.3. The zero-order valence-electron chi connectivity index (χ0n) is 20.2. The number of nitrogens with zero attached hydrogens (tertiary/aromatic N) is 2. The van der Waals surface area contributed by atoms with Crippen LogP contribution < -0.4 is 10.3 Å². The van der Waals surface area contributed by atoms with Crippen molar-refractivity contribution in [3.05, 3.63) is 79.5 Å². The maximum atomic E-state index is 13.0. The van der Waals surface area contributed by atoms with Crippen molar-refractivity contribution in [1.82, 2.24) is 14.5 Å². The summed E-state index contributed by atoms with van der Waals surface area (Å²) in [4.78, 5) is 34.8. The summed E-state index contributed by atoms with van der Waals surface area (Å²) in [6.45, 7) is 8.82. The van der Waals surface area contributed by atoms with Gasteiger partial charge in [-0.25, -0.2) is 4.98 Å². The van der Waals surface area contributed by atoms with Gasteiger partial charge in [0.05, 0.1) is 24.0 Å². The fourth-order valence-corrected chi connectivity index (χ4v) is 5.97. The second-order valence-corrected chi connectivity index (χ2v) is 10.6. The van der Waals surface area contributed by atoms with Crippen molar-refractivity contribution in [2.24, 2.45) is 0 Å². The highest BCUT2D eigenvalue weighted by Crippen LogP contribution is 2.26. The van der Waals surface area contributed by atoms with Crippen molar-refractivity contribution >= 4 is 39.1 Å². The Morgan fingerprint density at radius 3 is 2.62 bits per heavy atom. The third-order valence-corrected chi connectivity index (χ3v) is 8.26. The first-order valence-corrected chi connectivity index (χ1v) is 13.1. The lowest BCUT2D eigenvalue weighted by Crippen LogP contribution is -2.12. The Labute approximate surface area is 207 Å². The first-order valence-electron chi connectivity index (χ1n) is 11.2. The Hall–Kier alpha value is -2.84. The van der Waals surface area contributed by atoms with Gasteiger partial charge in [-0.2, -0.15) is 0 Å². The van der Waals surface area contributed by atoms with Crippen molar-refractivity contribution in [3.8, 4) is 5.75 Å². The standard InChI is InChI=1S/C26H29N3O3S2/c1-15-12-21(17(3)29(15)11-10-19-6-8-20(32-5)9-7-19)22(30)13-33-14-23-27-25(31)24-16(2)18(4)34-26(24)28-23/h6-9,12H,10-11,13-14H2,1-5H3,(H,27,28,31). The van der Waals surface area contributed by atoms with E-state index < -0.39 is 0 Å². The normalized spacial score (nSPS) is 11.3. The monoisotopic (exact) mass is 495 g/mol. The van der Waals surface area contributed by atoms with E-state index in [9.17, 15) is 9.59 Å². The number of hydrogen-bond acceptors (Lipinski definition) is 6. The topological polar surface area (TPSA) is 77.0 Å². The Bertz CT molecular complexity index is 1400. The lowest BCUT2D eigenvalue weighted by Gasteiger charge is -2.10. The molecule has 0 unspecified atom stereocenters. The highest BCUT2D eigenvalue weighted by molar-refractivity contribution is 7.99. The molecular weight excluding hydrogens is 466 g/mol. The number of thioether (sulfide) groups is 1. The number of H-pyrrole nitrogens is 1. The molecule has 34 heavy (non-hydrogen) atoms. The molecule has 0 aliphatic rings. The summed E-state index contributed by atoms with van der Waals surface area (Å²) in [7, 11) is 1.66. The quantitative estimate of drug-likeness (QED) is 0.315. The molecule has 3 aromatic heterocycles. The Morgan fingerprint density at radius 2 is 1.91 bits per heavy atom. The minimum atomic E-state index is -0.103. The van der Waals surface area contributed by atoms with Gasteiger partial charge in [0.2, 0.25) is 0 Å². The van der Waals surface area contributed by atoms with Crippen molar-refractivity contribution in [1.29, 1.82) is 0 Å². The summed E-state index contributed by atoms with van der Waals surface area (Å²) in [5.41, 5.74) is 4.96.